The molecule has 3 aromatic rings. The van der Waals surface area contributed by atoms with Gasteiger partial charge in [0.2, 0.25) is 0 Å². The molecule has 0 aliphatic heterocycles. The predicted octanol–water partition coefficient (Wildman–Crippen LogP) is 3.50. The topological polar surface area (TPSA) is 57.1 Å². The monoisotopic (exact) mass is 313 g/mol. The van der Waals surface area contributed by atoms with Crippen LogP contribution in [-0.4, -0.2) is 22.1 Å². The molecule has 0 aliphatic carbocycles. The first-order valence-electron chi connectivity index (χ1n) is 6.75. The lowest BCUT2D eigenvalue weighted by Crippen LogP contribution is -2.02. The van der Waals surface area contributed by atoms with E-state index in [2.05, 4.69) is 15.0 Å². The number of benzene rings is 1. The molecule has 0 aliphatic rings. The quantitative estimate of drug-likeness (QED) is 0.721. The molecule has 0 unspecified atom stereocenters. The summed E-state index contributed by atoms with van der Waals surface area (Å²) in [6.07, 6.45) is 1.74. The molecule has 2 aromatic heterocycles. The van der Waals surface area contributed by atoms with E-state index in [1.807, 2.05) is 42.8 Å². The Morgan fingerprint density at radius 3 is 2.50 bits per heavy atom. The maximum absolute atomic E-state index is 5.70. The highest BCUT2D eigenvalue weighted by Gasteiger charge is 2.08. The molecule has 0 saturated carbocycles. The number of nitrogens with zero attached hydrogens (tertiary/aromatic N) is 3. The van der Waals surface area contributed by atoms with E-state index < -0.39 is 0 Å². The highest BCUT2D eigenvalue weighted by atomic mass is 32.1. The van der Waals surface area contributed by atoms with Crippen LogP contribution in [-0.2, 0) is 6.61 Å². The number of thiazole rings is 1. The molecular weight excluding hydrogens is 298 g/mol. The van der Waals surface area contributed by atoms with Crippen LogP contribution in [0.15, 0.2) is 42.0 Å². The molecule has 3 rings (SSSR count). The largest absolute Gasteiger partial charge is 0.497 e. The van der Waals surface area contributed by atoms with Crippen molar-refractivity contribution in [3.8, 4) is 22.1 Å². The van der Waals surface area contributed by atoms with Crippen LogP contribution in [0.4, 0.5) is 0 Å². The van der Waals surface area contributed by atoms with Crippen molar-refractivity contribution in [1.29, 1.82) is 0 Å². The average Bonchev–Trinajstić information content (AvgIpc) is 3.00. The van der Waals surface area contributed by atoms with Crippen molar-refractivity contribution in [1.82, 2.24) is 15.0 Å². The van der Waals surface area contributed by atoms with Gasteiger partial charge in [0.1, 0.15) is 18.1 Å². The smallest absolute Gasteiger partial charge is 0.166 e. The SMILES string of the molecule is COc1ccc(OCc2nccc(-c3scnc3C)n2)cc1. The molecule has 6 heteroatoms. The van der Waals surface area contributed by atoms with Crippen LogP contribution in [0.3, 0.4) is 0 Å². The second-order valence-corrected chi connectivity index (χ2v) is 5.44. The number of aromatic nitrogens is 3. The minimum atomic E-state index is 0.317. The zero-order valence-electron chi connectivity index (χ0n) is 12.3. The molecule has 112 valence electrons. The maximum atomic E-state index is 5.70. The Labute approximate surface area is 132 Å². The second-order valence-electron chi connectivity index (χ2n) is 4.59. The Kier molecular flexibility index (Phi) is 4.29. The summed E-state index contributed by atoms with van der Waals surface area (Å²) in [7, 11) is 1.64. The zero-order chi connectivity index (χ0) is 15.4. The van der Waals surface area contributed by atoms with Crippen LogP contribution < -0.4 is 9.47 Å². The fourth-order valence-electron chi connectivity index (χ4n) is 1.96. The van der Waals surface area contributed by atoms with Crippen LogP contribution in [0.5, 0.6) is 11.5 Å². The van der Waals surface area contributed by atoms with E-state index in [0.29, 0.717) is 12.4 Å². The van der Waals surface area contributed by atoms with Crippen LogP contribution in [0.2, 0.25) is 0 Å². The average molecular weight is 313 g/mol. The van der Waals surface area contributed by atoms with E-state index in [-0.39, 0.29) is 0 Å². The van der Waals surface area contributed by atoms with Crippen LogP contribution in [0.1, 0.15) is 11.5 Å². The van der Waals surface area contributed by atoms with Gasteiger partial charge in [-0.05, 0) is 37.3 Å². The predicted molar refractivity (Wildman–Crippen MR) is 85.2 cm³/mol. The third-order valence-electron chi connectivity index (χ3n) is 3.11. The molecular formula is C16H15N3O2S. The van der Waals surface area contributed by atoms with E-state index in [0.717, 1.165) is 27.8 Å². The van der Waals surface area contributed by atoms with Crippen LogP contribution in [0.25, 0.3) is 10.6 Å². The Hall–Kier alpha value is -2.47. The Balaban J connectivity index is 1.71. The maximum Gasteiger partial charge on any atom is 0.166 e. The summed E-state index contributed by atoms with van der Waals surface area (Å²) in [6, 6.07) is 9.31. The lowest BCUT2D eigenvalue weighted by atomic mass is 10.3. The van der Waals surface area contributed by atoms with Gasteiger partial charge in [0, 0.05) is 6.20 Å². The summed E-state index contributed by atoms with van der Waals surface area (Å²) in [5.74, 6) is 2.19. The summed E-state index contributed by atoms with van der Waals surface area (Å²) in [5, 5.41) is 0. The molecule has 0 amide bonds. The molecule has 2 heterocycles. The van der Waals surface area contributed by atoms with E-state index in [4.69, 9.17) is 9.47 Å². The van der Waals surface area contributed by atoms with Crippen LogP contribution in [0, 0.1) is 6.92 Å². The third-order valence-corrected chi connectivity index (χ3v) is 4.06. The van der Waals surface area contributed by atoms with Gasteiger partial charge in [-0.1, -0.05) is 0 Å². The summed E-state index contributed by atoms with van der Waals surface area (Å²) in [5.41, 5.74) is 3.68. The minimum absolute atomic E-state index is 0.317. The molecule has 5 nitrogen and oxygen atoms in total. The molecule has 0 N–H and O–H groups in total. The summed E-state index contributed by atoms with van der Waals surface area (Å²) in [4.78, 5) is 14.1. The van der Waals surface area contributed by atoms with Gasteiger partial charge in [-0.2, -0.15) is 0 Å². The molecule has 0 radical (unpaired) electrons. The van der Waals surface area contributed by atoms with Gasteiger partial charge in [0.15, 0.2) is 5.82 Å². The highest BCUT2D eigenvalue weighted by molar-refractivity contribution is 7.13. The minimum Gasteiger partial charge on any atom is -0.497 e. The Bertz CT molecular complexity index is 756. The molecule has 0 spiro atoms. The van der Waals surface area contributed by atoms with Gasteiger partial charge < -0.3 is 9.47 Å². The molecule has 0 atom stereocenters. The second kappa shape index (κ2) is 6.53. The summed E-state index contributed by atoms with van der Waals surface area (Å²) < 4.78 is 10.8. The van der Waals surface area contributed by atoms with Gasteiger partial charge in [0.05, 0.1) is 28.9 Å². The summed E-state index contributed by atoms with van der Waals surface area (Å²) >= 11 is 1.57. The summed E-state index contributed by atoms with van der Waals surface area (Å²) in [6.45, 7) is 2.29. The number of hydrogen-bond donors (Lipinski definition) is 0. The van der Waals surface area contributed by atoms with Gasteiger partial charge in [-0.3, -0.25) is 0 Å². The fourth-order valence-corrected chi connectivity index (χ4v) is 2.74. The standard InChI is InChI=1S/C16H15N3O2S/c1-11-16(22-10-18-11)14-7-8-17-15(19-14)9-21-13-5-3-12(20-2)4-6-13/h3-8,10H,9H2,1-2H3. The number of rotatable bonds is 5. The van der Waals surface area contributed by atoms with Crippen molar-refractivity contribution in [2.45, 2.75) is 13.5 Å². The first-order valence-corrected chi connectivity index (χ1v) is 7.63. The van der Waals surface area contributed by atoms with Crippen LogP contribution >= 0.6 is 11.3 Å². The molecule has 0 fully saturated rings. The van der Waals surface area contributed by atoms with E-state index >= 15 is 0 Å². The van der Waals surface area contributed by atoms with Crippen molar-refractivity contribution in [3.05, 3.63) is 53.6 Å². The van der Waals surface area contributed by atoms with Gasteiger partial charge in [-0.25, -0.2) is 15.0 Å². The fraction of sp³-hybridized carbons (Fsp3) is 0.188. The zero-order valence-corrected chi connectivity index (χ0v) is 13.1. The van der Waals surface area contributed by atoms with Gasteiger partial charge in [-0.15, -0.1) is 11.3 Å². The Morgan fingerprint density at radius 1 is 1.05 bits per heavy atom. The highest BCUT2D eigenvalue weighted by Crippen LogP contribution is 2.25. The lowest BCUT2D eigenvalue weighted by Gasteiger charge is -2.07. The molecule has 0 saturated heterocycles. The van der Waals surface area contributed by atoms with E-state index in [1.54, 1.807) is 24.6 Å². The molecule has 0 bridgehead atoms. The van der Waals surface area contributed by atoms with Crippen molar-refractivity contribution in [3.63, 3.8) is 0 Å². The van der Waals surface area contributed by atoms with Crippen molar-refractivity contribution in [2.75, 3.05) is 7.11 Å². The van der Waals surface area contributed by atoms with E-state index in [9.17, 15) is 0 Å². The normalized spacial score (nSPS) is 10.5. The number of ether oxygens (including phenoxy) is 2. The van der Waals surface area contributed by atoms with E-state index in [1.165, 1.54) is 0 Å². The first kappa shape index (κ1) is 14.5. The van der Waals surface area contributed by atoms with Gasteiger partial charge >= 0.3 is 0 Å². The number of aryl methyl sites for hydroxylation is 1. The van der Waals surface area contributed by atoms with Gasteiger partial charge in [0.25, 0.3) is 0 Å². The van der Waals surface area contributed by atoms with Crippen molar-refractivity contribution in [2.24, 2.45) is 0 Å². The van der Waals surface area contributed by atoms with Crippen molar-refractivity contribution >= 4 is 11.3 Å². The lowest BCUT2D eigenvalue weighted by molar-refractivity contribution is 0.295. The molecule has 22 heavy (non-hydrogen) atoms. The first-order chi connectivity index (χ1) is 10.8. The Morgan fingerprint density at radius 2 is 1.82 bits per heavy atom. The molecule has 1 aromatic carbocycles. The third kappa shape index (κ3) is 3.23. The number of hydrogen-bond acceptors (Lipinski definition) is 6. The number of methoxy groups -OCH3 is 1. The van der Waals surface area contributed by atoms with Crippen molar-refractivity contribution < 1.29 is 9.47 Å².